The summed E-state index contributed by atoms with van der Waals surface area (Å²) in [7, 11) is 1.51. The van der Waals surface area contributed by atoms with Crippen molar-refractivity contribution in [2.45, 2.75) is 13.0 Å². The van der Waals surface area contributed by atoms with Crippen LogP contribution in [-0.2, 0) is 27.3 Å². The lowest BCUT2D eigenvalue weighted by Crippen LogP contribution is -2.40. The van der Waals surface area contributed by atoms with Crippen molar-refractivity contribution in [3.8, 4) is 0 Å². The smallest absolute Gasteiger partial charge is 0.254 e. The summed E-state index contributed by atoms with van der Waals surface area (Å²) in [5.74, 6) is -1.02. The molecular formula is C23H23Cl2N5O4S. The molecule has 0 unspecified atom stereocenters. The number of amides is 3. The van der Waals surface area contributed by atoms with Gasteiger partial charge in [-0.25, -0.2) is 4.98 Å². The molecule has 2 N–H and O–H groups in total. The molecule has 0 aliphatic heterocycles. The maximum atomic E-state index is 12.9. The van der Waals surface area contributed by atoms with Gasteiger partial charge in [0.1, 0.15) is 6.54 Å². The monoisotopic (exact) mass is 535 g/mol. The van der Waals surface area contributed by atoms with Gasteiger partial charge in [0.2, 0.25) is 11.8 Å². The molecule has 3 rings (SSSR count). The van der Waals surface area contributed by atoms with Crippen molar-refractivity contribution in [1.82, 2.24) is 20.2 Å². The van der Waals surface area contributed by atoms with Crippen molar-refractivity contribution in [3.05, 3.63) is 75.0 Å². The molecular weight excluding hydrogens is 513 g/mol. The maximum absolute atomic E-state index is 12.9. The Kier molecular flexibility index (Phi) is 9.98. The van der Waals surface area contributed by atoms with Gasteiger partial charge >= 0.3 is 0 Å². The van der Waals surface area contributed by atoms with Crippen molar-refractivity contribution < 1.29 is 19.1 Å². The highest BCUT2D eigenvalue weighted by atomic mass is 35.5. The van der Waals surface area contributed by atoms with Crippen LogP contribution in [0.5, 0.6) is 0 Å². The molecule has 0 saturated heterocycles. The predicted octanol–water partition coefficient (Wildman–Crippen LogP) is 3.43. The van der Waals surface area contributed by atoms with E-state index in [0.717, 1.165) is 5.56 Å². The molecule has 184 valence electrons. The summed E-state index contributed by atoms with van der Waals surface area (Å²) in [5, 5.41) is 8.08. The van der Waals surface area contributed by atoms with Crippen LogP contribution in [0.4, 0.5) is 5.13 Å². The zero-order valence-corrected chi connectivity index (χ0v) is 21.1. The number of rotatable bonds is 11. The normalized spacial score (nSPS) is 10.6. The van der Waals surface area contributed by atoms with Crippen LogP contribution in [-0.4, -0.2) is 59.4 Å². The quantitative estimate of drug-likeness (QED) is 0.388. The molecule has 0 saturated carbocycles. The van der Waals surface area contributed by atoms with Crippen molar-refractivity contribution >= 4 is 57.4 Å². The van der Waals surface area contributed by atoms with Crippen LogP contribution in [0.3, 0.4) is 0 Å². The van der Waals surface area contributed by atoms with Gasteiger partial charge in [-0.05, 0) is 29.8 Å². The number of pyridine rings is 1. The topological polar surface area (TPSA) is 114 Å². The Bertz CT molecular complexity index is 1180. The molecule has 0 radical (unpaired) electrons. The van der Waals surface area contributed by atoms with Crippen LogP contribution in [0.2, 0.25) is 10.0 Å². The van der Waals surface area contributed by atoms with E-state index in [0.29, 0.717) is 28.0 Å². The van der Waals surface area contributed by atoms with Crippen molar-refractivity contribution in [2.24, 2.45) is 0 Å². The number of carbonyl (C=O) groups excluding carboxylic acids is 3. The molecule has 0 fully saturated rings. The number of anilines is 1. The largest absolute Gasteiger partial charge is 0.383 e. The first-order chi connectivity index (χ1) is 16.9. The molecule has 0 aliphatic carbocycles. The van der Waals surface area contributed by atoms with Gasteiger partial charge in [-0.3, -0.25) is 19.4 Å². The molecule has 35 heavy (non-hydrogen) atoms. The number of benzene rings is 1. The van der Waals surface area contributed by atoms with Gasteiger partial charge in [-0.15, -0.1) is 11.3 Å². The highest BCUT2D eigenvalue weighted by molar-refractivity contribution is 7.13. The number of halogens is 2. The summed E-state index contributed by atoms with van der Waals surface area (Å²) in [4.78, 5) is 47.4. The number of hydrogen-bond acceptors (Lipinski definition) is 7. The summed E-state index contributed by atoms with van der Waals surface area (Å²) >= 11 is 13.1. The minimum Gasteiger partial charge on any atom is -0.383 e. The van der Waals surface area contributed by atoms with Gasteiger partial charge in [0, 0.05) is 43.5 Å². The Hall–Kier alpha value is -3.05. The van der Waals surface area contributed by atoms with Crippen LogP contribution in [0.1, 0.15) is 21.6 Å². The Labute approximate surface area is 216 Å². The van der Waals surface area contributed by atoms with E-state index in [1.807, 2.05) is 6.07 Å². The molecule has 0 spiro atoms. The highest BCUT2D eigenvalue weighted by Gasteiger charge is 2.20. The lowest BCUT2D eigenvalue weighted by atomic mass is 10.2. The summed E-state index contributed by atoms with van der Waals surface area (Å²) in [6.07, 6.45) is 3.41. The minimum absolute atomic E-state index is 0.0718. The van der Waals surface area contributed by atoms with E-state index in [1.54, 1.807) is 29.9 Å². The van der Waals surface area contributed by atoms with E-state index < -0.39 is 5.91 Å². The Balaban J connectivity index is 1.55. The van der Waals surface area contributed by atoms with E-state index in [1.165, 1.54) is 35.5 Å². The molecule has 1 aromatic carbocycles. The third-order valence-corrected chi connectivity index (χ3v) is 6.25. The standard InChI is InChI=1S/C23H23Cl2N5O4S/c1-34-8-7-30(22(33)16-4-5-18(24)19(25)9-16)13-21(32)29-23-28-17(14-35-23)10-20(31)27-12-15-3-2-6-26-11-15/h2-6,9,11,14H,7-8,10,12-13H2,1H3,(H,27,31)(H,28,29,32). The molecule has 0 atom stereocenters. The van der Waals surface area contributed by atoms with Crippen LogP contribution < -0.4 is 10.6 Å². The molecule has 9 nitrogen and oxygen atoms in total. The number of methoxy groups -OCH3 is 1. The first-order valence-corrected chi connectivity index (χ1v) is 12.1. The van der Waals surface area contributed by atoms with Gasteiger partial charge in [0.15, 0.2) is 5.13 Å². The lowest BCUT2D eigenvalue weighted by Gasteiger charge is -2.22. The maximum Gasteiger partial charge on any atom is 0.254 e. The third kappa shape index (κ3) is 8.29. The number of nitrogens with one attached hydrogen (secondary N) is 2. The average molecular weight is 536 g/mol. The first-order valence-electron chi connectivity index (χ1n) is 10.5. The molecule has 3 aromatic rings. The number of aromatic nitrogens is 2. The predicted molar refractivity (Wildman–Crippen MR) is 135 cm³/mol. The summed E-state index contributed by atoms with van der Waals surface area (Å²) in [6.45, 7) is 0.590. The fourth-order valence-corrected chi connectivity index (χ4v) is 4.00. The molecule has 3 amide bonds. The van der Waals surface area contributed by atoms with E-state index >= 15 is 0 Å². The second-order valence-corrected chi connectivity index (χ2v) is 9.03. The molecule has 0 bridgehead atoms. The van der Waals surface area contributed by atoms with E-state index in [-0.39, 0.29) is 43.0 Å². The first kappa shape index (κ1) is 26.6. The fourth-order valence-electron chi connectivity index (χ4n) is 2.97. The lowest BCUT2D eigenvalue weighted by molar-refractivity contribution is -0.120. The van der Waals surface area contributed by atoms with Crippen LogP contribution >= 0.6 is 34.5 Å². The zero-order chi connectivity index (χ0) is 25.2. The van der Waals surface area contributed by atoms with Gasteiger partial charge < -0.3 is 20.3 Å². The Morgan fingerprint density at radius 2 is 1.97 bits per heavy atom. The van der Waals surface area contributed by atoms with Gasteiger partial charge in [-0.2, -0.15) is 0 Å². The second kappa shape index (κ2) is 13.1. The number of ether oxygens (including phenoxy) is 1. The number of thiazole rings is 1. The summed E-state index contributed by atoms with van der Waals surface area (Å²) in [5.41, 5.74) is 1.72. The van der Waals surface area contributed by atoms with Crippen LogP contribution in [0.15, 0.2) is 48.1 Å². The average Bonchev–Trinajstić information content (AvgIpc) is 3.28. The van der Waals surface area contributed by atoms with E-state index in [4.69, 9.17) is 27.9 Å². The third-order valence-electron chi connectivity index (χ3n) is 4.71. The van der Waals surface area contributed by atoms with E-state index in [2.05, 4.69) is 20.6 Å². The summed E-state index contributed by atoms with van der Waals surface area (Å²) in [6, 6.07) is 8.18. The fraction of sp³-hybridized carbons (Fsp3) is 0.261. The van der Waals surface area contributed by atoms with Gasteiger partial charge in [0.05, 0.1) is 28.8 Å². The van der Waals surface area contributed by atoms with Crippen LogP contribution in [0.25, 0.3) is 0 Å². The second-order valence-electron chi connectivity index (χ2n) is 7.36. The van der Waals surface area contributed by atoms with Crippen LogP contribution in [0, 0.1) is 0 Å². The number of hydrogen-bond donors (Lipinski definition) is 2. The van der Waals surface area contributed by atoms with Crippen molar-refractivity contribution in [1.29, 1.82) is 0 Å². The SMILES string of the molecule is COCCN(CC(=O)Nc1nc(CC(=O)NCc2cccnc2)cs1)C(=O)c1ccc(Cl)c(Cl)c1. The molecule has 12 heteroatoms. The van der Waals surface area contributed by atoms with E-state index in [9.17, 15) is 14.4 Å². The molecule has 2 heterocycles. The molecule has 2 aromatic heterocycles. The Morgan fingerprint density at radius 3 is 2.69 bits per heavy atom. The van der Waals surface area contributed by atoms with Gasteiger partial charge in [-0.1, -0.05) is 29.3 Å². The minimum atomic E-state index is -0.434. The van der Waals surface area contributed by atoms with Crippen molar-refractivity contribution in [3.63, 3.8) is 0 Å². The van der Waals surface area contributed by atoms with Gasteiger partial charge in [0.25, 0.3) is 5.91 Å². The summed E-state index contributed by atoms with van der Waals surface area (Å²) < 4.78 is 5.07. The highest BCUT2D eigenvalue weighted by Crippen LogP contribution is 2.23. The number of carbonyl (C=O) groups is 3. The number of nitrogens with zero attached hydrogens (tertiary/aromatic N) is 3. The van der Waals surface area contributed by atoms with Crippen molar-refractivity contribution in [2.75, 3.05) is 32.1 Å². The molecule has 0 aliphatic rings. The Morgan fingerprint density at radius 1 is 1.14 bits per heavy atom. The zero-order valence-electron chi connectivity index (χ0n) is 18.8.